The summed E-state index contributed by atoms with van der Waals surface area (Å²) in [6.07, 6.45) is 2.15. The molecule has 2 heterocycles. The standard InChI is InChI=1S/C17H22N4O3/c1-17(16(23)18-2)12-20(9-10-24-17)15(22)7-8-21-14-6-4-3-5-13(14)11-19-21/h3-6,11H,7-10,12H2,1-2H3,(H,18,23)/t17-/m0/s1. The summed E-state index contributed by atoms with van der Waals surface area (Å²) in [5, 5.41) is 7.99. The summed E-state index contributed by atoms with van der Waals surface area (Å²) in [7, 11) is 1.57. The topological polar surface area (TPSA) is 76.5 Å². The molecule has 128 valence electrons. The Morgan fingerprint density at radius 2 is 2.17 bits per heavy atom. The number of fused-ring (bicyclic) bond motifs is 1. The van der Waals surface area contributed by atoms with Gasteiger partial charge in [0.1, 0.15) is 0 Å². The van der Waals surface area contributed by atoms with Crippen molar-refractivity contribution in [2.75, 3.05) is 26.7 Å². The Hall–Kier alpha value is -2.41. The van der Waals surface area contributed by atoms with E-state index < -0.39 is 5.60 Å². The van der Waals surface area contributed by atoms with E-state index in [1.54, 1.807) is 25.1 Å². The highest BCUT2D eigenvalue weighted by atomic mass is 16.5. The van der Waals surface area contributed by atoms with Crippen molar-refractivity contribution >= 4 is 22.7 Å². The van der Waals surface area contributed by atoms with Crippen LogP contribution in [0.1, 0.15) is 13.3 Å². The van der Waals surface area contributed by atoms with Crippen molar-refractivity contribution < 1.29 is 14.3 Å². The molecule has 1 aliphatic heterocycles. The van der Waals surface area contributed by atoms with Crippen LogP contribution in [0, 0.1) is 0 Å². The zero-order valence-electron chi connectivity index (χ0n) is 14.0. The molecule has 1 N–H and O–H groups in total. The molecule has 0 radical (unpaired) electrons. The largest absolute Gasteiger partial charge is 0.362 e. The van der Waals surface area contributed by atoms with Crippen molar-refractivity contribution in [3.63, 3.8) is 0 Å². The number of ether oxygens (including phenoxy) is 1. The molecule has 0 spiro atoms. The van der Waals surface area contributed by atoms with Gasteiger partial charge in [-0.3, -0.25) is 14.3 Å². The molecule has 1 atom stereocenters. The third-order valence-corrected chi connectivity index (χ3v) is 4.42. The summed E-state index contributed by atoms with van der Waals surface area (Å²) < 4.78 is 7.42. The summed E-state index contributed by atoms with van der Waals surface area (Å²) in [6, 6.07) is 7.91. The third kappa shape index (κ3) is 3.12. The zero-order valence-corrected chi connectivity index (χ0v) is 14.0. The van der Waals surface area contributed by atoms with Gasteiger partial charge in [-0.25, -0.2) is 0 Å². The van der Waals surface area contributed by atoms with Crippen molar-refractivity contribution in [2.24, 2.45) is 0 Å². The number of carbonyl (C=O) groups excluding carboxylic acids is 2. The molecule has 1 fully saturated rings. The Bertz CT molecular complexity index is 757. The molecular formula is C17H22N4O3. The highest BCUT2D eigenvalue weighted by molar-refractivity contribution is 5.86. The van der Waals surface area contributed by atoms with Crippen molar-refractivity contribution in [3.05, 3.63) is 30.5 Å². The van der Waals surface area contributed by atoms with Crippen LogP contribution in [0.15, 0.2) is 30.5 Å². The van der Waals surface area contributed by atoms with Crippen LogP contribution >= 0.6 is 0 Å². The molecule has 0 bridgehead atoms. The highest BCUT2D eigenvalue weighted by Crippen LogP contribution is 2.19. The first kappa shape index (κ1) is 16.4. The lowest BCUT2D eigenvalue weighted by Gasteiger charge is -2.39. The lowest BCUT2D eigenvalue weighted by Crippen LogP contribution is -2.58. The van der Waals surface area contributed by atoms with Gasteiger partial charge in [0, 0.05) is 25.4 Å². The third-order valence-electron chi connectivity index (χ3n) is 4.42. The summed E-state index contributed by atoms with van der Waals surface area (Å²) >= 11 is 0. The van der Waals surface area contributed by atoms with Crippen molar-refractivity contribution in [1.82, 2.24) is 20.0 Å². The van der Waals surface area contributed by atoms with Gasteiger partial charge in [-0.15, -0.1) is 0 Å². The van der Waals surface area contributed by atoms with E-state index in [1.165, 1.54) is 0 Å². The van der Waals surface area contributed by atoms with E-state index in [0.29, 0.717) is 26.1 Å². The number of para-hydroxylation sites is 1. The Morgan fingerprint density at radius 1 is 1.38 bits per heavy atom. The van der Waals surface area contributed by atoms with E-state index in [0.717, 1.165) is 10.9 Å². The fraction of sp³-hybridized carbons (Fsp3) is 0.471. The summed E-state index contributed by atoms with van der Waals surface area (Å²) in [5.41, 5.74) is 0.0311. The minimum Gasteiger partial charge on any atom is -0.362 e. The Balaban J connectivity index is 1.63. The molecule has 2 aromatic rings. The van der Waals surface area contributed by atoms with Crippen LogP contribution in [0.2, 0.25) is 0 Å². The number of nitrogens with zero attached hydrogens (tertiary/aromatic N) is 3. The van der Waals surface area contributed by atoms with E-state index in [4.69, 9.17) is 4.74 Å². The fourth-order valence-electron chi connectivity index (χ4n) is 3.05. The molecule has 3 rings (SSSR count). The molecule has 7 nitrogen and oxygen atoms in total. The highest BCUT2D eigenvalue weighted by Gasteiger charge is 2.39. The molecule has 2 amide bonds. The molecular weight excluding hydrogens is 308 g/mol. The number of morpholine rings is 1. The van der Waals surface area contributed by atoms with Crippen LogP contribution in [0.4, 0.5) is 0 Å². The summed E-state index contributed by atoms with van der Waals surface area (Å²) in [4.78, 5) is 26.2. The molecule has 0 unspecified atom stereocenters. The molecule has 1 aromatic carbocycles. The molecule has 1 aliphatic rings. The van der Waals surface area contributed by atoms with Crippen LogP contribution in [0.3, 0.4) is 0 Å². The lowest BCUT2D eigenvalue weighted by molar-refractivity contribution is -0.162. The maximum atomic E-state index is 12.5. The van der Waals surface area contributed by atoms with Gasteiger partial charge in [0.2, 0.25) is 5.91 Å². The molecule has 1 saturated heterocycles. The van der Waals surface area contributed by atoms with Crippen molar-refractivity contribution in [1.29, 1.82) is 0 Å². The van der Waals surface area contributed by atoms with Crippen LogP contribution in [0.5, 0.6) is 0 Å². The van der Waals surface area contributed by atoms with Gasteiger partial charge in [-0.2, -0.15) is 5.10 Å². The second-order valence-electron chi connectivity index (χ2n) is 6.15. The quantitative estimate of drug-likeness (QED) is 0.899. The first-order valence-electron chi connectivity index (χ1n) is 8.08. The minimum atomic E-state index is -0.985. The van der Waals surface area contributed by atoms with Gasteiger partial charge in [-0.05, 0) is 13.0 Å². The number of benzene rings is 1. The summed E-state index contributed by atoms with van der Waals surface area (Å²) in [5.74, 6) is -0.203. The van der Waals surface area contributed by atoms with Gasteiger partial charge in [0.05, 0.1) is 31.4 Å². The van der Waals surface area contributed by atoms with E-state index >= 15 is 0 Å². The van der Waals surface area contributed by atoms with Crippen LogP contribution in [-0.4, -0.2) is 58.8 Å². The number of carbonyl (C=O) groups is 2. The van der Waals surface area contributed by atoms with E-state index in [1.807, 2.05) is 28.9 Å². The first-order valence-corrected chi connectivity index (χ1v) is 8.08. The van der Waals surface area contributed by atoms with Gasteiger partial charge in [0.15, 0.2) is 5.60 Å². The zero-order chi connectivity index (χ0) is 17.2. The average molecular weight is 330 g/mol. The molecule has 24 heavy (non-hydrogen) atoms. The second-order valence-corrected chi connectivity index (χ2v) is 6.15. The predicted molar refractivity (Wildman–Crippen MR) is 89.4 cm³/mol. The molecule has 0 saturated carbocycles. The second kappa shape index (κ2) is 6.60. The minimum absolute atomic E-state index is 0.00742. The Morgan fingerprint density at radius 3 is 2.96 bits per heavy atom. The van der Waals surface area contributed by atoms with Crippen LogP contribution in [0.25, 0.3) is 10.9 Å². The normalized spacial score (nSPS) is 21.0. The molecule has 1 aromatic heterocycles. The number of aromatic nitrogens is 2. The monoisotopic (exact) mass is 330 g/mol. The number of hydrogen-bond donors (Lipinski definition) is 1. The van der Waals surface area contributed by atoms with Crippen LogP contribution < -0.4 is 5.32 Å². The fourth-order valence-corrected chi connectivity index (χ4v) is 3.05. The number of rotatable bonds is 4. The number of nitrogens with one attached hydrogen (secondary N) is 1. The van der Waals surface area contributed by atoms with Crippen molar-refractivity contribution in [2.45, 2.75) is 25.5 Å². The average Bonchev–Trinajstić information content (AvgIpc) is 3.02. The SMILES string of the molecule is CNC(=O)[C@]1(C)CN(C(=O)CCn2ncc3ccccc32)CCO1. The van der Waals surface area contributed by atoms with Gasteiger partial charge in [0.25, 0.3) is 5.91 Å². The molecule has 7 heteroatoms. The summed E-state index contributed by atoms with van der Waals surface area (Å²) in [6.45, 7) is 3.36. The maximum absolute atomic E-state index is 12.5. The number of aryl methyl sites for hydroxylation is 1. The molecule has 0 aliphatic carbocycles. The van der Waals surface area contributed by atoms with Gasteiger partial charge < -0.3 is 15.0 Å². The Labute approximate surface area is 140 Å². The first-order chi connectivity index (χ1) is 11.5. The predicted octanol–water partition coefficient (Wildman–Crippen LogP) is 0.790. The van der Waals surface area contributed by atoms with Crippen LogP contribution in [-0.2, 0) is 20.9 Å². The number of amides is 2. The Kier molecular flexibility index (Phi) is 4.53. The van der Waals surface area contributed by atoms with E-state index in [-0.39, 0.29) is 18.4 Å². The van der Waals surface area contributed by atoms with Gasteiger partial charge in [-0.1, -0.05) is 18.2 Å². The van der Waals surface area contributed by atoms with E-state index in [9.17, 15) is 9.59 Å². The lowest BCUT2D eigenvalue weighted by atomic mass is 10.0. The number of hydrogen-bond acceptors (Lipinski definition) is 4. The van der Waals surface area contributed by atoms with Crippen molar-refractivity contribution in [3.8, 4) is 0 Å². The van der Waals surface area contributed by atoms with Gasteiger partial charge >= 0.3 is 0 Å². The number of likely N-dealkylation sites (N-methyl/N-ethyl adjacent to an activating group) is 1. The smallest absolute Gasteiger partial charge is 0.253 e. The van der Waals surface area contributed by atoms with E-state index in [2.05, 4.69) is 10.4 Å². The maximum Gasteiger partial charge on any atom is 0.253 e.